The van der Waals surface area contributed by atoms with E-state index in [4.69, 9.17) is 10.5 Å². The monoisotopic (exact) mass is 305 g/mol. The Morgan fingerprint density at radius 2 is 1.91 bits per heavy atom. The van der Waals surface area contributed by atoms with Crippen LogP contribution in [0.3, 0.4) is 0 Å². The van der Waals surface area contributed by atoms with E-state index in [1.807, 2.05) is 6.92 Å². The van der Waals surface area contributed by atoms with Crippen LogP contribution < -0.4 is 5.73 Å². The van der Waals surface area contributed by atoms with Crippen LogP contribution in [0.25, 0.3) is 11.3 Å². The summed E-state index contributed by atoms with van der Waals surface area (Å²) in [5.74, 6) is -0.343. The first-order chi connectivity index (χ1) is 10.2. The van der Waals surface area contributed by atoms with Crippen LogP contribution in [0.4, 0.5) is 14.9 Å². The summed E-state index contributed by atoms with van der Waals surface area (Å²) in [5.41, 5.74) is 7.55. The fourth-order valence-corrected chi connectivity index (χ4v) is 2.08. The number of halogens is 1. The van der Waals surface area contributed by atoms with Gasteiger partial charge in [0.25, 0.3) is 0 Å². The molecule has 0 saturated carbocycles. The molecule has 1 aromatic heterocycles. The number of rotatable bonds is 2. The number of nitrogens with zero attached hydrogens (tertiary/aromatic N) is 2. The summed E-state index contributed by atoms with van der Waals surface area (Å²) in [6.07, 6.45) is -0.0522. The highest BCUT2D eigenvalue weighted by Gasteiger charge is 2.24. The van der Waals surface area contributed by atoms with Crippen molar-refractivity contribution >= 4 is 11.8 Å². The fraction of sp³-hybridized carbons (Fsp3) is 0.375. The van der Waals surface area contributed by atoms with Gasteiger partial charge in [0, 0.05) is 5.56 Å². The Hall–Kier alpha value is -2.37. The minimum atomic E-state index is -0.626. The first-order valence-electron chi connectivity index (χ1n) is 7.09. The van der Waals surface area contributed by atoms with Gasteiger partial charge in [0.15, 0.2) is 0 Å². The summed E-state index contributed by atoms with van der Waals surface area (Å²) >= 11 is 0. The third kappa shape index (κ3) is 3.27. The van der Waals surface area contributed by atoms with Gasteiger partial charge in [0.2, 0.25) is 0 Å². The zero-order chi connectivity index (χ0) is 16.5. The largest absolute Gasteiger partial charge is 0.442 e. The molecule has 0 aliphatic carbocycles. The second-order valence-corrected chi connectivity index (χ2v) is 5.96. The molecule has 2 aromatic rings. The highest BCUT2D eigenvalue weighted by atomic mass is 19.1. The van der Waals surface area contributed by atoms with Crippen molar-refractivity contribution in [3.8, 4) is 11.3 Å². The number of anilines is 1. The Labute approximate surface area is 128 Å². The Kier molecular flexibility index (Phi) is 4.21. The van der Waals surface area contributed by atoms with Gasteiger partial charge in [-0.25, -0.2) is 9.18 Å². The van der Waals surface area contributed by atoms with E-state index in [1.165, 1.54) is 16.8 Å². The number of carbonyl (C=O) groups excluding carboxylic acids is 1. The molecule has 22 heavy (non-hydrogen) atoms. The number of nitrogen functional groups attached to an aromatic ring is 1. The van der Waals surface area contributed by atoms with E-state index in [1.54, 1.807) is 32.9 Å². The zero-order valence-electron chi connectivity index (χ0n) is 13.2. The van der Waals surface area contributed by atoms with Crippen molar-refractivity contribution in [2.45, 2.75) is 39.7 Å². The Morgan fingerprint density at radius 1 is 1.32 bits per heavy atom. The van der Waals surface area contributed by atoms with Gasteiger partial charge < -0.3 is 10.5 Å². The highest BCUT2D eigenvalue weighted by Crippen LogP contribution is 2.29. The lowest BCUT2D eigenvalue weighted by molar-refractivity contribution is 0.0510. The second-order valence-electron chi connectivity index (χ2n) is 5.96. The third-order valence-corrected chi connectivity index (χ3v) is 3.04. The summed E-state index contributed by atoms with van der Waals surface area (Å²) in [4.78, 5) is 12.3. The Balaban J connectivity index is 2.46. The molecule has 0 amide bonds. The van der Waals surface area contributed by atoms with E-state index in [0.29, 0.717) is 29.1 Å². The van der Waals surface area contributed by atoms with Crippen LogP contribution in [-0.4, -0.2) is 21.5 Å². The van der Waals surface area contributed by atoms with Gasteiger partial charge in [-0.3, -0.25) is 0 Å². The second kappa shape index (κ2) is 5.79. The van der Waals surface area contributed by atoms with Crippen LogP contribution in [0, 0.1) is 5.82 Å². The van der Waals surface area contributed by atoms with E-state index in [9.17, 15) is 9.18 Å². The van der Waals surface area contributed by atoms with Crippen LogP contribution >= 0.6 is 0 Å². The van der Waals surface area contributed by atoms with Crippen molar-refractivity contribution < 1.29 is 13.9 Å². The molecule has 0 aliphatic heterocycles. The summed E-state index contributed by atoms with van der Waals surface area (Å²) in [6, 6.07) is 5.81. The highest BCUT2D eigenvalue weighted by molar-refractivity contribution is 5.80. The maximum Gasteiger partial charge on any atom is 0.435 e. The third-order valence-electron chi connectivity index (χ3n) is 3.04. The number of hydrogen-bond donors (Lipinski definition) is 1. The lowest BCUT2D eigenvalue weighted by Crippen LogP contribution is -2.28. The van der Waals surface area contributed by atoms with Gasteiger partial charge in [-0.15, -0.1) is 0 Å². The van der Waals surface area contributed by atoms with Crippen LogP contribution in [-0.2, 0) is 11.2 Å². The molecule has 0 bridgehead atoms. The summed E-state index contributed by atoms with van der Waals surface area (Å²) in [7, 11) is 0. The number of carbonyl (C=O) groups is 1. The lowest BCUT2D eigenvalue weighted by Gasteiger charge is -2.19. The first kappa shape index (κ1) is 16.0. The van der Waals surface area contributed by atoms with Gasteiger partial charge in [-0.2, -0.15) is 9.78 Å². The van der Waals surface area contributed by atoms with Crippen LogP contribution in [0.1, 0.15) is 33.4 Å². The minimum absolute atomic E-state index is 0.343. The molecule has 1 heterocycles. The van der Waals surface area contributed by atoms with Crippen LogP contribution in [0.5, 0.6) is 0 Å². The van der Waals surface area contributed by atoms with Crippen molar-refractivity contribution in [3.63, 3.8) is 0 Å². The molecule has 1 aromatic carbocycles. The molecule has 0 saturated heterocycles. The molecule has 2 N–H and O–H groups in total. The average Bonchev–Trinajstić information content (AvgIpc) is 2.75. The van der Waals surface area contributed by atoms with Gasteiger partial charge in [0.1, 0.15) is 17.1 Å². The Bertz CT molecular complexity index is 685. The molecule has 0 unspecified atom stereocenters. The maximum atomic E-state index is 13.0. The maximum absolute atomic E-state index is 13.0. The molecule has 118 valence electrons. The SMILES string of the molecule is CCc1c(N)c(-c2ccc(F)cc2)nn1C(=O)OC(C)(C)C. The molecule has 0 fully saturated rings. The van der Waals surface area contributed by atoms with Crippen molar-refractivity contribution in [1.82, 2.24) is 9.78 Å². The van der Waals surface area contributed by atoms with E-state index in [-0.39, 0.29) is 5.82 Å². The summed E-state index contributed by atoms with van der Waals surface area (Å²) < 4.78 is 19.6. The van der Waals surface area contributed by atoms with Crippen molar-refractivity contribution in [2.75, 3.05) is 5.73 Å². The van der Waals surface area contributed by atoms with E-state index in [0.717, 1.165) is 0 Å². The van der Waals surface area contributed by atoms with E-state index < -0.39 is 11.7 Å². The smallest absolute Gasteiger partial charge is 0.435 e. The van der Waals surface area contributed by atoms with Crippen molar-refractivity contribution in [1.29, 1.82) is 0 Å². The van der Waals surface area contributed by atoms with Gasteiger partial charge in [-0.05, 0) is 51.5 Å². The first-order valence-corrected chi connectivity index (χ1v) is 7.09. The van der Waals surface area contributed by atoms with Crippen molar-refractivity contribution in [2.24, 2.45) is 0 Å². The van der Waals surface area contributed by atoms with Crippen LogP contribution in [0.2, 0.25) is 0 Å². The number of benzene rings is 1. The molecular weight excluding hydrogens is 285 g/mol. The van der Waals surface area contributed by atoms with Gasteiger partial charge >= 0.3 is 6.09 Å². The van der Waals surface area contributed by atoms with Gasteiger partial charge in [0.05, 0.1) is 11.4 Å². The standard InChI is InChI=1S/C16H20FN3O2/c1-5-12-13(18)14(10-6-8-11(17)9-7-10)19-20(12)15(21)22-16(2,3)4/h6-9H,5,18H2,1-4H3. The van der Waals surface area contributed by atoms with E-state index in [2.05, 4.69) is 5.10 Å². The predicted molar refractivity (Wildman–Crippen MR) is 83.0 cm³/mol. The number of nitrogens with two attached hydrogens (primary N) is 1. The Morgan fingerprint density at radius 3 is 2.41 bits per heavy atom. The lowest BCUT2D eigenvalue weighted by atomic mass is 10.1. The van der Waals surface area contributed by atoms with E-state index >= 15 is 0 Å². The van der Waals surface area contributed by atoms with Crippen LogP contribution in [0.15, 0.2) is 24.3 Å². The van der Waals surface area contributed by atoms with Gasteiger partial charge in [-0.1, -0.05) is 6.92 Å². The minimum Gasteiger partial charge on any atom is -0.442 e. The number of aromatic nitrogens is 2. The quantitative estimate of drug-likeness (QED) is 0.920. The normalized spacial score (nSPS) is 11.5. The van der Waals surface area contributed by atoms with Crippen molar-refractivity contribution in [3.05, 3.63) is 35.8 Å². The fourth-order valence-electron chi connectivity index (χ4n) is 2.08. The topological polar surface area (TPSA) is 70.1 Å². The predicted octanol–water partition coefficient (Wildman–Crippen LogP) is 3.62. The number of ether oxygens (including phenoxy) is 1. The molecule has 0 spiro atoms. The molecular formula is C16H20FN3O2. The molecule has 2 rings (SSSR count). The molecule has 6 heteroatoms. The molecule has 0 aliphatic rings. The average molecular weight is 305 g/mol. The molecule has 0 atom stereocenters. The number of hydrogen-bond acceptors (Lipinski definition) is 4. The summed E-state index contributed by atoms with van der Waals surface area (Å²) in [5, 5.41) is 4.26. The summed E-state index contributed by atoms with van der Waals surface area (Å²) in [6.45, 7) is 7.22. The zero-order valence-corrected chi connectivity index (χ0v) is 13.2. The molecule has 0 radical (unpaired) electrons. The molecule has 5 nitrogen and oxygen atoms in total.